The first-order valence-corrected chi connectivity index (χ1v) is 4.49. The Labute approximate surface area is 70.0 Å². The smallest absolute Gasteiger partial charge is 0.0219 e. The van der Waals surface area contributed by atoms with Crippen molar-refractivity contribution in [3.05, 3.63) is 23.3 Å². The molecule has 0 aromatic heterocycles. The van der Waals surface area contributed by atoms with E-state index in [1.54, 1.807) is 11.1 Å². The zero-order chi connectivity index (χ0) is 8.43. The van der Waals surface area contributed by atoms with Crippen LogP contribution in [0.3, 0.4) is 0 Å². The molecule has 0 amide bonds. The molecule has 62 valence electrons. The Morgan fingerprint density at radius 2 is 2.09 bits per heavy atom. The Hall–Kier alpha value is -0.520. The molecule has 0 heteroatoms. The van der Waals surface area contributed by atoms with Gasteiger partial charge in [0.2, 0.25) is 0 Å². The van der Waals surface area contributed by atoms with Crippen molar-refractivity contribution in [1.82, 2.24) is 0 Å². The van der Waals surface area contributed by atoms with Crippen LogP contribution in [0.15, 0.2) is 23.3 Å². The summed E-state index contributed by atoms with van der Waals surface area (Å²) in [7, 11) is 0. The minimum Gasteiger partial charge on any atom is -0.0811 e. The van der Waals surface area contributed by atoms with Gasteiger partial charge in [-0.05, 0) is 30.8 Å². The van der Waals surface area contributed by atoms with Crippen molar-refractivity contribution in [3.8, 4) is 0 Å². The molecule has 1 atom stereocenters. The Morgan fingerprint density at radius 1 is 1.45 bits per heavy atom. The molecule has 0 bridgehead atoms. The van der Waals surface area contributed by atoms with E-state index < -0.39 is 0 Å². The first-order valence-electron chi connectivity index (χ1n) is 4.49. The van der Waals surface area contributed by atoms with Gasteiger partial charge >= 0.3 is 0 Å². The summed E-state index contributed by atoms with van der Waals surface area (Å²) >= 11 is 0. The monoisotopic (exact) mass is 150 g/mol. The minimum atomic E-state index is 0.693. The molecule has 0 nitrogen and oxygen atoms in total. The molecule has 0 heterocycles. The maximum Gasteiger partial charge on any atom is -0.0219 e. The molecule has 11 heavy (non-hydrogen) atoms. The third-order valence-electron chi connectivity index (χ3n) is 2.35. The van der Waals surface area contributed by atoms with Crippen molar-refractivity contribution in [2.24, 2.45) is 11.8 Å². The van der Waals surface area contributed by atoms with Crippen LogP contribution in [0.2, 0.25) is 0 Å². The van der Waals surface area contributed by atoms with Gasteiger partial charge in [0, 0.05) is 0 Å². The molecule has 0 fully saturated rings. The fourth-order valence-corrected chi connectivity index (χ4v) is 1.76. The molecule has 0 N–H and O–H groups in total. The van der Waals surface area contributed by atoms with Crippen LogP contribution < -0.4 is 0 Å². The fraction of sp³-hybridized carbons (Fsp3) is 0.636. The van der Waals surface area contributed by atoms with E-state index in [0.717, 1.165) is 5.92 Å². The van der Waals surface area contributed by atoms with Gasteiger partial charge in [0.1, 0.15) is 0 Å². The molecule has 1 unspecified atom stereocenters. The second-order valence-electron chi connectivity index (χ2n) is 3.93. The van der Waals surface area contributed by atoms with Crippen LogP contribution in [0, 0.1) is 11.8 Å². The lowest BCUT2D eigenvalue weighted by molar-refractivity contribution is 0.667. The lowest BCUT2D eigenvalue weighted by atomic mass is 9.87. The van der Waals surface area contributed by atoms with E-state index in [-0.39, 0.29) is 0 Å². The van der Waals surface area contributed by atoms with Crippen LogP contribution in [0.5, 0.6) is 0 Å². The zero-order valence-corrected chi connectivity index (χ0v) is 8.02. The molecule has 0 saturated heterocycles. The molecule has 1 aliphatic carbocycles. The quantitative estimate of drug-likeness (QED) is 0.536. The van der Waals surface area contributed by atoms with Crippen molar-refractivity contribution in [2.75, 3.05) is 0 Å². The average molecular weight is 150 g/mol. The maximum atomic E-state index is 2.32. The first kappa shape index (κ1) is 8.58. The summed E-state index contributed by atoms with van der Waals surface area (Å²) in [5.74, 6) is 1.44. The van der Waals surface area contributed by atoms with Gasteiger partial charge in [-0.15, -0.1) is 0 Å². The first-order chi connectivity index (χ1) is 5.11. The molecule has 1 aliphatic rings. The van der Waals surface area contributed by atoms with Crippen LogP contribution in [-0.4, -0.2) is 0 Å². The summed E-state index contributed by atoms with van der Waals surface area (Å²) in [6, 6.07) is 0. The van der Waals surface area contributed by atoms with Crippen LogP contribution in [0.25, 0.3) is 0 Å². The van der Waals surface area contributed by atoms with Crippen molar-refractivity contribution < 1.29 is 0 Å². The number of allylic oxidation sites excluding steroid dienone is 4. The molecule has 0 radical (unpaired) electrons. The molecule has 0 aliphatic heterocycles. The van der Waals surface area contributed by atoms with E-state index in [4.69, 9.17) is 0 Å². The topological polar surface area (TPSA) is 0 Å². The molecular formula is C11H18. The predicted molar refractivity (Wildman–Crippen MR) is 50.5 cm³/mol. The minimum absolute atomic E-state index is 0.693. The van der Waals surface area contributed by atoms with E-state index in [1.165, 1.54) is 6.42 Å². The van der Waals surface area contributed by atoms with E-state index in [2.05, 4.69) is 39.8 Å². The van der Waals surface area contributed by atoms with E-state index in [9.17, 15) is 0 Å². The van der Waals surface area contributed by atoms with Crippen LogP contribution >= 0.6 is 0 Å². The Kier molecular flexibility index (Phi) is 2.53. The van der Waals surface area contributed by atoms with Gasteiger partial charge in [0.25, 0.3) is 0 Å². The molecule has 0 aromatic carbocycles. The van der Waals surface area contributed by atoms with Gasteiger partial charge in [0.05, 0.1) is 0 Å². The van der Waals surface area contributed by atoms with Crippen molar-refractivity contribution >= 4 is 0 Å². The number of hydrogen-bond donors (Lipinski definition) is 0. The predicted octanol–water partition coefficient (Wildman–Crippen LogP) is 3.55. The van der Waals surface area contributed by atoms with Crippen LogP contribution in [0.4, 0.5) is 0 Å². The van der Waals surface area contributed by atoms with Crippen molar-refractivity contribution in [3.63, 3.8) is 0 Å². The standard InChI is InChI=1S/C11H18/c1-8(2)11-6-5-9(3)7-10(11)4/h5-6,8-9H,7H2,1-4H3. The summed E-state index contributed by atoms with van der Waals surface area (Å²) in [6.07, 6.45) is 5.88. The molecule has 0 aromatic rings. The summed E-state index contributed by atoms with van der Waals surface area (Å²) in [5, 5.41) is 0. The third kappa shape index (κ3) is 1.95. The Bertz CT molecular complexity index is 194. The summed E-state index contributed by atoms with van der Waals surface area (Å²) < 4.78 is 0. The highest BCUT2D eigenvalue weighted by molar-refractivity contribution is 5.30. The van der Waals surface area contributed by atoms with E-state index >= 15 is 0 Å². The highest BCUT2D eigenvalue weighted by Gasteiger charge is 2.11. The summed E-state index contributed by atoms with van der Waals surface area (Å²) in [6.45, 7) is 9.06. The Morgan fingerprint density at radius 3 is 2.55 bits per heavy atom. The Balaban J connectivity index is 2.80. The van der Waals surface area contributed by atoms with Crippen molar-refractivity contribution in [2.45, 2.75) is 34.1 Å². The van der Waals surface area contributed by atoms with Gasteiger partial charge in [-0.25, -0.2) is 0 Å². The average Bonchev–Trinajstić information content (AvgIpc) is 1.85. The lowest BCUT2D eigenvalue weighted by Crippen LogP contribution is -2.03. The third-order valence-corrected chi connectivity index (χ3v) is 2.35. The summed E-state index contributed by atoms with van der Waals surface area (Å²) in [5.41, 5.74) is 3.12. The lowest BCUT2D eigenvalue weighted by Gasteiger charge is -2.19. The number of hydrogen-bond acceptors (Lipinski definition) is 0. The summed E-state index contributed by atoms with van der Waals surface area (Å²) in [4.78, 5) is 0. The second-order valence-corrected chi connectivity index (χ2v) is 3.93. The largest absolute Gasteiger partial charge is 0.0811 e. The van der Waals surface area contributed by atoms with Crippen molar-refractivity contribution in [1.29, 1.82) is 0 Å². The van der Waals surface area contributed by atoms with E-state index in [1.807, 2.05) is 0 Å². The molecular weight excluding hydrogens is 132 g/mol. The molecule has 0 spiro atoms. The van der Waals surface area contributed by atoms with Gasteiger partial charge in [-0.1, -0.05) is 38.5 Å². The highest BCUT2D eigenvalue weighted by Crippen LogP contribution is 2.27. The molecule has 1 rings (SSSR count). The number of rotatable bonds is 1. The van der Waals surface area contributed by atoms with Crippen LogP contribution in [0.1, 0.15) is 34.1 Å². The fourth-order valence-electron chi connectivity index (χ4n) is 1.76. The highest BCUT2D eigenvalue weighted by atomic mass is 14.2. The molecule has 0 saturated carbocycles. The second kappa shape index (κ2) is 3.25. The van der Waals surface area contributed by atoms with Gasteiger partial charge in [-0.3, -0.25) is 0 Å². The maximum absolute atomic E-state index is 2.32. The zero-order valence-electron chi connectivity index (χ0n) is 8.02. The van der Waals surface area contributed by atoms with Crippen LogP contribution in [-0.2, 0) is 0 Å². The van der Waals surface area contributed by atoms with Gasteiger partial charge < -0.3 is 0 Å². The van der Waals surface area contributed by atoms with Gasteiger partial charge in [0.15, 0.2) is 0 Å². The normalized spacial score (nSPS) is 25.0. The SMILES string of the molecule is CC1=C(C(C)C)C=CC(C)C1. The van der Waals surface area contributed by atoms with E-state index in [0.29, 0.717) is 5.92 Å². The van der Waals surface area contributed by atoms with Gasteiger partial charge in [-0.2, -0.15) is 0 Å².